The summed E-state index contributed by atoms with van der Waals surface area (Å²) < 4.78 is 12.6. The summed E-state index contributed by atoms with van der Waals surface area (Å²) in [6.45, 7) is 5.94. The van der Waals surface area contributed by atoms with Crippen LogP contribution in [-0.4, -0.2) is 31.2 Å². The number of likely N-dealkylation sites (N-methyl/N-ethyl adjacent to an activating group) is 1. The van der Waals surface area contributed by atoms with Crippen LogP contribution in [0.25, 0.3) is 0 Å². The van der Waals surface area contributed by atoms with Gasteiger partial charge in [0, 0.05) is 6.42 Å². The maximum absolute atomic E-state index is 12.6. The van der Waals surface area contributed by atoms with Crippen LogP contribution >= 0.6 is 0 Å². The summed E-state index contributed by atoms with van der Waals surface area (Å²) in [4.78, 5) is 11.7. The number of halogens is 1. The first-order valence-electron chi connectivity index (χ1n) is 4.98. The van der Waals surface area contributed by atoms with Crippen LogP contribution in [0.5, 0.6) is 0 Å². The Morgan fingerprint density at radius 1 is 1.50 bits per heavy atom. The molecule has 0 spiro atoms. The van der Waals surface area contributed by atoms with Crippen LogP contribution in [-0.2, 0) is 4.79 Å². The van der Waals surface area contributed by atoms with Gasteiger partial charge in [0.15, 0.2) is 0 Å². The summed E-state index contributed by atoms with van der Waals surface area (Å²) in [5.74, 6) is -0.106. The highest BCUT2D eigenvalue weighted by molar-refractivity contribution is 5.83. The Labute approximate surface area is 84.4 Å². The Hall–Kier alpha value is -0.640. The molecule has 0 bridgehead atoms. The molecule has 0 aromatic heterocycles. The average molecular weight is 202 g/mol. The van der Waals surface area contributed by atoms with E-state index in [9.17, 15) is 9.18 Å². The van der Waals surface area contributed by atoms with Gasteiger partial charge in [0.05, 0.1) is 12.1 Å². The van der Waals surface area contributed by atoms with Crippen LogP contribution in [0, 0.1) is 5.41 Å². The lowest BCUT2D eigenvalue weighted by molar-refractivity contribution is -0.125. The minimum atomic E-state index is -0.837. The molecule has 3 atom stereocenters. The molecule has 82 valence electrons. The Morgan fingerprint density at radius 3 is 2.29 bits per heavy atom. The highest BCUT2D eigenvalue weighted by Gasteiger charge is 2.41. The third kappa shape index (κ3) is 2.67. The van der Waals surface area contributed by atoms with E-state index in [1.807, 2.05) is 20.8 Å². The van der Waals surface area contributed by atoms with E-state index in [0.29, 0.717) is 6.42 Å². The largest absolute Gasteiger partial charge is 0.349 e. The topological polar surface area (TPSA) is 41.1 Å². The van der Waals surface area contributed by atoms with Crippen LogP contribution in [0.3, 0.4) is 0 Å². The lowest BCUT2D eigenvalue weighted by atomic mass is 9.86. The van der Waals surface area contributed by atoms with Gasteiger partial charge in [0.2, 0.25) is 5.91 Å². The highest BCUT2D eigenvalue weighted by Crippen LogP contribution is 2.26. The van der Waals surface area contributed by atoms with Gasteiger partial charge in [-0.3, -0.25) is 4.79 Å². The average Bonchev–Trinajstić information content (AvgIpc) is 2.64. The van der Waals surface area contributed by atoms with E-state index in [1.54, 1.807) is 7.05 Å². The number of carbonyl (C=O) groups is 1. The quantitative estimate of drug-likeness (QED) is 0.712. The number of carbonyl (C=O) groups excluding carboxylic acids is 1. The number of nitrogens with one attached hydrogen (secondary N) is 2. The molecule has 14 heavy (non-hydrogen) atoms. The van der Waals surface area contributed by atoms with E-state index in [2.05, 4.69) is 10.6 Å². The highest BCUT2D eigenvalue weighted by atomic mass is 19.1. The van der Waals surface area contributed by atoms with E-state index in [1.165, 1.54) is 0 Å². The maximum Gasteiger partial charge on any atom is 0.237 e. The zero-order chi connectivity index (χ0) is 10.9. The molecule has 0 aliphatic heterocycles. The second kappa shape index (κ2) is 3.85. The lowest BCUT2D eigenvalue weighted by Gasteiger charge is -2.29. The summed E-state index contributed by atoms with van der Waals surface area (Å²) in [5.41, 5.74) is -0.153. The molecule has 4 heteroatoms. The first kappa shape index (κ1) is 11.4. The summed E-state index contributed by atoms with van der Waals surface area (Å²) >= 11 is 0. The molecule has 0 radical (unpaired) electrons. The first-order chi connectivity index (χ1) is 6.36. The van der Waals surface area contributed by atoms with E-state index in [4.69, 9.17) is 0 Å². The monoisotopic (exact) mass is 202 g/mol. The summed E-state index contributed by atoms with van der Waals surface area (Å²) in [6.07, 6.45) is -0.372. The Bertz CT molecular complexity index is 225. The van der Waals surface area contributed by atoms with Gasteiger partial charge in [-0.15, -0.1) is 0 Å². The second-order valence-electron chi connectivity index (χ2n) is 4.95. The van der Waals surface area contributed by atoms with Crippen molar-refractivity contribution in [2.24, 2.45) is 5.41 Å². The predicted molar refractivity (Wildman–Crippen MR) is 53.7 cm³/mol. The van der Waals surface area contributed by atoms with E-state index in [-0.39, 0.29) is 23.4 Å². The number of rotatable bonds is 3. The van der Waals surface area contributed by atoms with Gasteiger partial charge in [-0.25, -0.2) is 4.39 Å². The third-order valence-electron chi connectivity index (χ3n) is 2.46. The maximum atomic E-state index is 12.6. The minimum Gasteiger partial charge on any atom is -0.349 e. The smallest absolute Gasteiger partial charge is 0.237 e. The van der Waals surface area contributed by atoms with Gasteiger partial charge in [-0.1, -0.05) is 20.8 Å². The molecule has 3 nitrogen and oxygen atoms in total. The van der Waals surface area contributed by atoms with Gasteiger partial charge < -0.3 is 10.6 Å². The molecule has 0 aromatic carbocycles. The van der Waals surface area contributed by atoms with Crippen molar-refractivity contribution in [2.75, 3.05) is 7.05 Å². The molecule has 1 rings (SSSR count). The Balaban J connectivity index is 2.48. The van der Waals surface area contributed by atoms with Crippen LogP contribution in [0.4, 0.5) is 4.39 Å². The molecule has 1 saturated carbocycles. The van der Waals surface area contributed by atoms with Crippen LogP contribution < -0.4 is 10.6 Å². The molecule has 1 amide bonds. The van der Waals surface area contributed by atoms with Gasteiger partial charge in [0.1, 0.15) is 6.17 Å². The second-order valence-corrected chi connectivity index (χ2v) is 4.95. The molecular formula is C10H19FN2O. The number of hydrogen-bond donors (Lipinski definition) is 2. The van der Waals surface area contributed by atoms with Crippen molar-refractivity contribution in [1.82, 2.24) is 10.6 Å². The van der Waals surface area contributed by atoms with Crippen molar-refractivity contribution in [3.05, 3.63) is 0 Å². The van der Waals surface area contributed by atoms with Crippen molar-refractivity contribution in [1.29, 1.82) is 0 Å². The predicted octanol–water partition coefficient (Wildman–Crippen LogP) is 0.847. The van der Waals surface area contributed by atoms with Crippen molar-refractivity contribution in [3.8, 4) is 0 Å². The molecule has 0 heterocycles. The van der Waals surface area contributed by atoms with E-state index >= 15 is 0 Å². The van der Waals surface area contributed by atoms with Gasteiger partial charge in [0.25, 0.3) is 0 Å². The van der Waals surface area contributed by atoms with E-state index < -0.39 is 6.17 Å². The zero-order valence-corrected chi connectivity index (χ0v) is 9.23. The molecule has 1 aliphatic rings. The molecule has 1 aliphatic carbocycles. The molecule has 0 saturated heterocycles. The molecule has 0 aromatic rings. The Kier molecular flexibility index (Phi) is 3.14. The van der Waals surface area contributed by atoms with Crippen molar-refractivity contribution in [3.63, 3.8) is 0 Å². The molecule has 1 fully saturated rings. The standard InChI is InChI=1S/C10H19FN2O/c1-10(2,3)8(12-4)9(14)13-7-5-6(7)11/h6-8,12H,5H2,1-4H3,(H,13,14). The fourth-order valence-electron chi connectivity index (χ4n) is 1.54. The summed E-state index contributed by atoms with van der Waals surface area (Å²) in [7, 11) is 1.75. The van der Waals surface area contributed by atoms with Crippen molar-refractivity contribution >= 4 is 5.91 Å². The van der Waals surface area contributed by atoms with Crippen molar-refractivity contribution < 1.29 is 9.18 Å². The first-order valence-corrected chi connectivity index (χ1v) is 4.98. The normalized spacial score (nSPS) is 28.4. The summed E-state index contributed by atoms with van der Waals surface area (Å²) in [5, 5.41) is 5.64. The summed E-state index contributed by atoms with van der Waals surface area (Å²) in [6, 6.07) is -0.518. The Morgan fingerprint density at radius 2 is 2.00 bits per heavy atom. The number of alkyl halides is 1. The van der Waals surface area contributed by atoms with E-state index in [0.717, 1.165) is 0 Å². The van der Waals surface area contributed by atoms with Gasteiger partial charge in [-0.2, -0.15) is 0 Å². The molecular weight excluding hydrogens is 183 g/mol. The zero-order valence-electron chi connectivity index (χ0n) is 9.23. The number of hydrogen-bond acceptors (Lipinski definition) is 2. The number of amides is 1. The van der Waals surface area contributed by atoms with Crippen LogP contribution in [0.1, 0.15) is 27.2 Å². The van der Waals surface area contributed by atoms with Gasteiger partial charge >= 0.3 is 0 Å². The van der Waals surface area contributed by atoms with Crippen LogP contribution in [0.15, 0.2) is 0 Å². The lowest BCUT2D eigenvalue weighted by Crippen LogP contribution is -2.51. The molecule has 3 unspecified atom stereocenters. The fraction of sp³-hybridized carbons (Fsp3) is 0.900. The third-order valence-corrected chi connectivity index (χ3v) is 2.46. The SMILES string of the molecule is CNC(C(=O)NC1CC1F)C(C)(C)C. The minimum absolute atomic E-state index is 0.106. The van der Waals surface area contributed by atoms with Crippen molar-refractivity contribution in [2.45, 2.75) is 45.4 Å². The molecule has 2 N–H and O–H groups in total. The fourth-order valence-corrected chi connectivity index (χ4v) is 1.54. The van der Waals surface area contributed by atoms with Gasteiger partial charge in [-0.05, 0) is 12.5 Å². The van der Waals surface area contributed by atoms with Crippen LogP contribution in [0.2, 0.25) is 0 Å².